The molecule has 0 atom stereocenters. The van der Waals surface area contributed by atoms with E-state index in [1.807, 2.05) is 25.2 Å². The van der Waals surface area contributed by atoms with Crippen molar-refractivity contribution in [1.29, 1.82) is 0 Å². The zero-order valence-corrected chi connectivity index (χ0v) is 9.07. The molecule has 0 spiro atoms. The molecular weight excluding hydrogens is 196 g/mol. The second kappa shape index (κ2) is 3.20. The van der Waals surface area contributed by atoms with E-state index in [1.54, 1.807) is 0 Å². The molecule has 1 aliphatic carbocycles. The Balaban J connectivity index is 2.39. The fraction of sp³-hybridized carbons (Fsp3) is 0.0714. The number of nitrogen functional groups attached to an aromatic ring is 1. The van der Waals surface area contributed by atoms with E-state index in [9.17, 15) is 0 Å². The SMILES string of the molecule is CN=C1c2ccccc2-c2ccc(N)cc21. The molecule has 2 N–H and O–H groups in total. The van der Waals surface area contributed by atoms with Gasteiger partial charge in [0.1, 0.15) is 0 Å². The molecule has 2 heteroatoms. The van der Waals surface area contributed by atoms with E-state index >= 15 is 0 Å². The second-order valence-corrected chi connectivity index (χ2v) is 3.92. The maximum absolute atomic E-state index is 5.83. The Kier molecular flexibility index (Phi) is 1.83. The topological polar surface area (TPSA) is 38.4 Å². The zero-order valence-electron chi connectivity index (χ0n) is 9.07. The summed E-state index contributed by atoms with van der Waals surface area (Å²) in [4.78, 5) is 4.37. The van der Waals surface area contributed by atoms with Gasteiger partial charge in [-0.05, 0) is 23.3 Å². The third-order valence-corrected chi connectivity index (χ3v) is 2.99. The number of fused-ring (bicyclic) bond motifs is 3. The molecule has 0 saturated heterocycles. The van der Waals surface area contributed by atoms with E-state index in [0.717, 1.165) is 17.0 Å². The van der Waals surface area contributed by atoms with Gasteiger partial charge in [-0.2, -0.15) is 0 Å². The monoisotopic (exact) mass is 208 g/mol. The molecule has 0 bridgehead atoms. The quantitative estimate of drug-likeness (QED) is 0.567. The van der Waals surface area contributed by atoms with E-state index < -0.39 is 0 Å². The van der Waals surface area contributed by atoms with Gasteiger partial charge in [0.25, 0.3) is 0 Å². The molecule has 0 heterocycles. The van der Waals surface area contributed by atoms with Crippen molar-refractivity contribution in [3.05, 3.63) is 53.6 Å². The van der Waals surface area contributed by atoms with Crippen molar-refractivity contribution in [3.63, 3.8) is 0 Å². The van der Waals surface area contributed by atoms with Crippen LogP contribution in [-0.4, -0.2) is 12.8 Å². The summed E-state index contributed by atoms with van der Waals surface area (Å²) in [5, 5.41) is 0. The Morgan fingerprint density at radius 3 is 2.31 bits per heavy atom. The second-order valence-electron chi connectivity index (χ2n) is 3.92. The van der Waals surface area contributed by atoms with E-state index in [0.29, 0.717) is 0 Å². The first kappa shape index (κ1) is 9.16. The maximum Gasteiger partial charge on any atom is 0.0728 e. The molecule has 0 amide bonds. The summed E-state index contributed by atoms with van der Waals surface area (Å²) < 4.78 is 0. The van der Waals surface area contributed by atoms with Crippen LogP contribution in [0.5, 0.6) is 0 Å². The van der Waals surface area contributed by atoms with Crippen LogP contribution >= 0.6 is 0 Å². The molecule has 2 aromatic carbocycles. The summed E-state index contributed by atoms with van der Waals surface area (Å²) in [7, 11) is 1.82. The zero-order chi connectivity index (χ0) is 11.1. The minimum Gasteiger partial charge on any atom is -0.399 e. The lowest BCUT2D eigenvalue weighted by Crippen LogP contribution is -1.98. The predicted octanol–water partition coefficient (Wildman–Crippen LogP) is 2.72. The normalized spacial score (nSPS) is 14.9. The lowest BCUT2D eigenvalue weighted by molar-refractivity contribution is 1.43. The standard InChI is InChI=1S/C14H12N2/c1-16-14-12-5-3-2-4-10(12)11-7-6-9(15)8-13(11)14/h2-8H,15H2,1H3. The van der Waals surface area contributed by atoms with Crippen molar-refractivity contribution in [2.75, 3.05) is 12.8 Å². The van der Waals surface area contributed by atoms with E-state index in [2.05, 4.69) is 29.3 Å². The van der Waals surface area contributed by atoms with Gasteiger partial charge in [0.15, 0.2) is 0 Å². The number of benzene rings is 2. The molecule has 0 aromatic heterocycles. The number of rotatable bonds is 0. The van der Waals surface area contributed by atoms with Crippen LogP contribution in [0.15, 0.2) is 47.5 Å². The minimum absolute atomic E-state index is 0.785. The third kappa shape index (κ3) is 1.10. The van der Waals surface area contributed by atoms with Gasteiger partial charge in [-0.15, -0.1) is 0 Å². The Bertz CT molecular complexity index is 597. The summed E-state index contributed by atoms with van der Waals surface area (Å²) in [5.74, 6) is 0. The summed E-state index contributed by atoms with van der Waals surface area (Å²) in [6, 6.07) is 14.3. The van der Waals surface area contributed by atoms with Crippen LogP contribution < -0.4 is 5.73 Å². The first-order chi connectivity index (χ1) is 7.81. The molecule has 2 aromatic rings. The molecule has 1 aliphatic rings. The molecule has 0 aliphatic heterocycles. The Morgan fingerprint density at radius 1 is 0.875 bits per heavy atom. The number of hydrogen-bond acceptors (Lipinski definition) is 2. The number of nitrogens with zero attached hydrogens (tertiary/aromatic N) is 1. The molecule has 78 valence electrons. The lowest BCUT2D eigenvalue weighted by atomic mass is 10.1. The van der Waals surface area contributed by atoms with Gasteiger partial charge in [-0.3, -0.25) is 4.99 Å². The largest absolute Gasteiger partial charge is 0.399 e. The van der Waals surface area contributed by atoms with Gasteiger partial charge in [0.2, 0.25) is 0 Å². The molecule has 0 radical (unpaired) electrons. The molecule has 2 nitrogen and oxygen atoms in total. The van der Waals surface area contributed by atoms with E-state index in [-0.39, 0.29) is 0 Å². The predicted molar refractivity (Wildman–Crippen MR) is 67.9 cm³/mol. The smallest absolute Gasteiger partial charge is 0.0728 e. The highest BCUT2D eigenvalue weighted by Crippen LogP contribution is 2.37. The minimum atomic E-state index is 0.785. The van der Waals surface area contributed by atoms with E-state index in [4.69, 9.17) is 5.73 Å². The van der Waals surface area contributed by atoms with Crippen molar-refractivity contribution in [2.24, 2.45) is 4.99 Å². The van der Waals surface area contributed by atoms with Crippen molar-refractivity contribution in [2.45, 2.75) is 0 Å². The highest BCUT2D eigenvalue weighted by molar-refractivity contribution is 6.24. The fourth-order valence-electron chi connectivity index (χ4n) is 2.30. The van der Waals surface area contributed by atoms with Gasteiger partial charge >= 0.3 is 0 Å². The highest BCUT2D eigenvalue weighted by atomic mass is 14.7. The summed E-state index contributed by atoms with van der Waals surface area (Å²) in [6.07, 6.45) is 0. The molecule has 0 fully saturated rings. The van der Waals surface area contributed by atoms with E-state index in [1.165, 1.54) is 16.7 Å². The average Bonchev–Trinajstić information content (AvgIpc) is 2.61. The van der Waals surface area contributed by atoms with Crippen molar-refractivity contribution < 1.29 is 0 Å². The summed E-state index contributed by atoms with van der Waals surface area (Å²) >= 11 is 0. The molecule has 3 rings (SSSR count). The van der Waals surface area contributed by atoms with Crippen LogP contribution in [0.25, 0.3) is 11.1 Å². The maximum atomic E-state index is 5.83. The summed E-state index contributed by atoms with van der Waals surface area (Å²) in [6.45, 7) is 0. The van der Waals surface area contributed by atoms with Gasteiger partial charge in [0.05, 0.1) is 5.71 Å². The first-order valence-electron chi connectivity index (χ1n) is 5.27. The molecule has 0 saturated carbocycles. The third-order valence-electron chi connectivity index (χ3n) is 2.99. The first-order valence-corrected chi connectivity index (χ1v) is 5.27. The van der Waals surface area contributed by atoms with Crippen LogP contribution in [-0.2, 0) is 0 Å². The van der Waals surface area contributed by atoms with Crippen LogP contribution in [0.2, 0.25) is 0 Å². The van der Waals surface area contributed by atoms with Gasteiger partial charge in [-0.1, -0.05) is 30.3 Å². The van der Waals surface area contributed by atoms with Crippen molar-refractivity contribution in [1.82, 2.24) is 0 Å². The van der Waals surface area contributed by atoms with Crippen LogP contribution in [0, 0.1) is 0 Å². The number of anilines is 1. The van der Waals surface area contributed by atoms with Gasteiger partial charge < -0.3 is 5.73 Å². The van der Waals surface area contributed by atoms with Gasteiger partial charge in [0, 0.05) is 23.9 Å². The molecule has 0 unspecified atom stereocenters. The Morgan fingerprint density at radius 2 is 1.56 bits per heavy atom. The number of nitrogens with two attached hydrogens (primary N) is 1. The van der Waals surface area contributed by atoms with Gasteiger partial charge in [-0.25, -0.2) is 0 Å². The fourth-order valence-corrected chi connectivity index (χ4v) is 2.30. The average molecular weight is 208 g/mol. The molecular formula is C14H12N2. The van der Waals surface area contributed by atoms with Crippen molar-refractivity contribution in [3.8, 4) is 11.1 Å². The number of aliphatic imine (C=N–C) groups is 1. The van der Waals surface area contributed by atoms with Crippen molar-refractivity contribution >= 4 is 11.4 Å². The summed E-state index contributed by atoms with van der Waals surface area (Å²) in [5.41, 5.74) is 12.5. The Hall–Kier alpha value is -2.09. The van der Waals surface area contributed by atoms with Crippen LogP contribution in [0.1, 0.15) is 11.1 Å². The number of hydrogen-bond donors (Lipinski definition) is 1. The molecule has 16 heavy (non-hydrogen) atoms. The highest BCUT2D eigenvalue weighted by Gasteiger charge is 2.23. The van der Waals surface area contributed by atoms with Crippen LogP contribution in [0.4, 0.5) is 5.69 Å². The van der Waals surface area contributed by atoms with Crippen LogP contribution in [0.3, 0.4) is 0 Å². The Labute approximate surface area is 94.4 Å². The lowest BCUT2D eigenvalue weighted by Gasteiger charge is -2.01.